The zero-order chi connectivity index (χ0) is 20.7. The van der Waals surface area contributed by atoms with Gasteiger partial charge in [0.1, 0.15) is 0 Å². The zero-order valence-corrected chi connectivity index (χ0v) is 17.0. The Bertz CT molecular complexity index is 1420. The Hall–Kier alpha value is -3.22. The van der Waals surface area contributed by atoms with Crippen molar-refractivity contribution >= 4 is 20.8 Å². The van der Waals surface area contributed by atoms with Crippen LogP contribution in [0.1, 0.15) is 16.7 Å². The Kier molecular flexibility index (Phi) is 4.53. The summed E-state index contributed by atoms with van der Waals surface area (Å²) in [6.45, 7) is 0.335. The second-order valence-electron chi connectivity index (χ2n) is 7.48. The summed E-state index contributed by atoms with van der Waals surface area (Å²) >= 11 is 0. The molecule has 0 spiro atoms. The first-order valence-electron chi connectivity index (χ1n) is 9.84. The number of fused-ring (bicyclic) bond motifs is 5. The molecule has 0 radical (unpaired) electrons. The Morgan fingerprint density at radius 3 is 2.43 bits per heavy atom. The number of nitrogens with one attached hydrogen (secondary N) is 2. The highest BCUT2D eigenvalue weighted by atomic mass is 32.2. The molecule has 30 heavy (non-hydrogen) atoms. The van der Waals surface area contributed by atoms with Crippen LogP contribution in [0.2, 0.25) is 0 Å². The summed E-state index contributed by atoms with van der Waals surface area (Å²) in [6, 6.07) is 22.4. The van der Waals surface area contributed by atoms with Gasteiger partial charge >= 0.3 is 0 Å². The molecule has 5 rings (SSSR count). The Morgan fingerprint density at radius 2 is 1.63 bits per heavy atom. The molecule has 1 aliphatic carbocycles. The molecular weight excluding hydrogens is 396 g/mol. The molecule has 0 saturated carbocycles. The zero-order valence-electron chi connectivity index (χ0n) is 16.2. The maximum atomic E-state index is 12.8. The van der Waals surface area contributed by atoms with Gasteiger partial charge in [0.05, 0.1) is 10.6 Å². The van der Waals surface area contributed by atoms with E-state index >= 15 is 0 Å². The average Bonchev–Trinajstić information content (AvgIpc) is 3.13. The third-order valence-electron chi connectivity index (χ3n) is 5.61. The van der Waals surface area contributed by atoms with Crippen LogP contribution in [0.5, 0.6) is 0 Å². The fourth-order valence-corrected chi connectivity index (χ4v) is 5.21. The van der Waals surface area contributed by atoms with Gasteiger partial charge in [-0.15, -0.1) is 0 Å². The van der Waals surface area contributed by atoms with Gasteiger partial charge in [0.25, 0.3) is 5.56 Å². The molecular formula is C24H20N2O3S. The summed E-state index contributed by atoms with van der Waals surface area (Å²) in [7, 11) is -3.61. The topological polar surface area (TPSA) is 79.0 Å². The predicted molar refractivity (Wildman–Crippen MR) is 118 cm³/mol. The van der Waals surface area contributed by atoms with Crippen LogP contribution in [0.25, 0.3) is 22.0 Å². The number of hydrogen-bond donors (Lipinski definition) is 2. The van der Waals surface area contributed by atoms with Gasteiger partial charge in [-0.05, 0) is 46.7 Å². The van der Waals surface area contributed by atoms with Gasteiger partial charge in [-0.2, -0.15) is 0 Å². The Morgan fingerprint density at radius 1 is 0.900 bits per heavy atom. The van der Waals surface area contributed by atoms with Crippen molar-refractivity contribution in [2.24, 2.45) is 0 Å². The third-order valence-corrected chi connectivity index (χ3v) is 7.07. The number of sulfonamides is 1. The van der Waals surface area contributed by atoms with Crippen molar-refractivity contribution in [3.63, 3.8) is 0 Å². The highest BCUT2D eigenvalue weighted by molar-refractivity contribution is 7.89. The van der Waals surface area contributed by atoms with Gasteiger partial charge in [0.2, 0.25) is 10.0 Å². The van der Waals surface area contributed by atoms with Crippen molar-refractivity contribution in [2.45, 2.75) is 17.7 Å². The lowest BCUT2D eigenvalue weighted by Gasteiger charge is -2.09. The van der Waals surface area contributed by atoms with Crippen molar-refractivity contribution in [3.05, 3.63) is 99.8 Å². The lowest BCUT2D eigenvalue weighted by molar-refractivity contribution is 0.581. The molecule has 2 N–H and O–H groups in total. The molecule has 4 aromatic rings. The van der Waals surface area contributed by atoms with Crippen LogP contribution in [0.15, 0.2) is 82.5 Å². The number of pyridine rings is 1. The largest absolute Gasteiger partial charge is 0.321 e. The molecule has 0 bridgehead atoms. The maximum Gasteiger partial charge on any atom is 0.256 e. The lowest BCUT2D eigenvalue weighted by atomic mass is 10.0. The molecule has 5 nitrogen and oxygen atoms in total. The first-order valence-corrected chi connectivity index (χ1v) is 11.3. The van der Waals surface area contributed by atoms with E-state index in [2.05, 4.69) is 9.71 Å². The number of aromatic nitrogens is 1. The first-order chi connectivity index (χ1) is 14.5. The molecule has 6 heteroatoms. The van der Waals surface area contributed by atoms with E-state index in [0.29, 0.717) is 24.8 Å². The molecule has 1 aliphatic rings. The molecule has 1 heterocycles. The second kappa shape index (κ2) is 7.23. The fourth-order valence-electron chi connectivity index (χ4n) is 4.12. The number of benzene rings is 3. The van der Waals surface area contributed by atoms with Crippen LogP contribution < -0.4 is 10.3 Å². The van der Waals surface area contributed by atoms with Crippen molar-refractivity contribution in [1.29, 1.82) is 0 Å². The van der Waals surface area contributed by atoms with Gasteiger partial charge in [0, 0.05) is 23.9 Å². The Balaban J connectivity index is 1.43. The minimum absolute atomic E-state index is 0.128. The lowest BCUT2D eigenvalue weighted by Crippen LogP contribution is -2.26. The average molecular weight is 417 g/mol. The molecule has 0 fully saturated rings. The molecule has 0 amide bonds. The van der Waals surface area contributed by atoms with Gasteiger partial charge in [-0.1, -0.05) is 54.6 Å². The van der Waals surface area contributed by atoms with Crippen LogP contribution in [0, 0.1) is 0 Å². The quantitative estimate of drug-likeness (QED) is 0.459. The van der Waals surface area contributed by atoms with Crippen LogP contribution in [-0.4, -0.2) is 19.9 Å². The normalized spacial score (nSPS) is 12.7. The first kappa shape index (κ1) is 18.8. The van der Waals surface area contributed by atoms with Gasteiger partial charge in [-0.25, -0.2) is 13.1 Å². The minimum Gasteiger partial charge on any atom is -0.321 e. The van der Waals surface area contributed by atoms with E-state index in [9.17, 15) is 13.2 Å². The summed E-state index contributed by atoms with van der Waals surface area (Å²) in [5.41, 5.74) is 4.57. The van der Waals surface area contributed by atoms with Crippen molar-refractivity contribution in [1.82, 2.24) is 9.71 Å². The standard InChI is InChI=1S/C24H20N2O3S/c27-24-21-9-5-4-8-20(21)22-15-17-14-18(10-11-19(17)23(22)26-24)30(28,29)25-13-12-16-6-2-1-3-7-16/h1-11,14,25H,12-13,15H2,(H,26,27). The monoisotopic (exact) mass is 416 g/mol. The second-order valence-corrected chi connectivity index (χ2v) is 9.25. The molecule has 0 unspecified atom stereocenters. The summed E-state index contributed by atoms with van der Waals surface area (Å²) in [4.78, 5) is 15.7. The molecule has 150 valence electrons. The SMILES string of the molecule is O=c1[nH]c2c(c3ccccc13)Cc1cc(S(=O)(=O)NCCc3ccccc3)ccc1-2. The Labute approximate surface area is 174 Å². The summed E-state index contributed by atoms with van der Waals surface area (Å²) in [6.07, 6.45) is 1.22. The van der Waals surface area contributed by atoms with Crippen LogP contribution in [0.4, 0.5) is 0 Å². The summed E-state index contributed by atoms with van der Waals surface area (Å²) < 4.78 is 28.3. The van der Waals surface area contributed by atoms with Gasteiger partial charge in [0.15, 0.2) is 0 Å². The molecule has 3 aromatic carbocycles. The highest BCUT2D eigenvalue weighted by Gasteiger charge is 2.25. The number of H-pyrrole nitrogens is 1. The van der Waals surface area contributed by atoms with E-state index in [-0.39, 0.29) is 10.5 Å². The number of aromatic amines is 1. The summed E-state index contributed by atoms with van der Waals surface area (Å²) in [5.74, 6) is 0. The third kappa shape index (κ3) is 3.24. The molecule has 0 atom stereocenters. The maximum absolute atomic E-state index is 12.8. The van der Waals surface area contributed by atoms with E-state index in [1.165, 1.54) is 0 Å². The molecule has 0 saturated heterocycles. The van der Waals surface area contributed by atoms with Crippen molar-refractivity contribution in [2.75, 3.05) is 6.54 Å². The van der Waals surface area contributed by atoms with Gasteiger partial charge in [-0.3, -0.25) is 4.79 Å². The fraction of sp³-hybridized carbons (Fsp3) is 0.125. The van der Waals surface area contributed by atoms with E-state index in [0.717, 1.165) is 33.3 Å². The van der Waals surface area contributed by atoms with E-state index in [1.807, 2.05) is 54.6 Å². The predicted octanol–water partition coefficient (Wildman–Crippen LogP) is 3.62. The van der Waals surface area contributed by atoms with Crippen LogP contribution in [-0.2, 0) is 22.9 Å². The van der Waals surface area contributed by atoms with Crippen molar-refractivity contribution in [3.8, 4) is 11.3 Å². The highest BCUT2D eigenvalue weighted by Crippen LogP contribution is 2.38. The van der Waals surface area contributed by atoms with E-state index in [1.54, 1.807) is 18.2 Å². The van der Waals surface area contributed by atoms with Crippen LogP contribution in [0.3, 0.4) is 0 Å². The van der Waals surface area contributed by atoms with E-state index < -0.39 is 10.0 Å². The minimum atomic E-state index is -3.61. The van der Waals surface area contributed by atoms with E-state index in [4.69, 9.17) is 0 Å². The van der Waals surface area contributed by atoms with Crippen molar-refractivity contribution < 1.29 is 8.42 Å². The van der Waals surface area contributed by atoms with Crippen LogP contribution >= 0.6 is 0 Å². The molecule has 1 aromatic heterocycles. The molecule has 0 aliphatic heterocycles. The number of rotatable bonds is 5. The van der Waals surface area contributed by atoms with Gasteiger partial charge < -0.3 is 4.98 Å². The number of hydrogen-bond acceptors (Lipinski definition) is 3. The smallest absolute Gasteiger partial charge is 0.256 e. The summed E-state index contributed by atoms with van der Waals surface area (Å²) in [5, 5.41) is 1.57.